The Kier molecular flexibility index (Phi) is 10.9. The Morgan fingerprint density at radius 2 is 1.94 bits per heavy atom. The SMILES string of the molecule is CN=C(NCc1ccnc(-n2ccnc2)c1)NCc1ccc(C)cc1OCCCOC.I. The number of aromatic nitrogens is 3. The quantitative estimate of drug-likeness (QED) is 0.174. The van der Waals surface area contributed by atoms with E-state index in [-0.39, 0.29) is 24.0 Å². The summed E-state index contributed by atoms with van der Waals surface area (Å²) in [6.45, 7) is 4.60. The summed E-state index contributed by atoms with van der Waals surface area (Å²) in [5, 5.41) is 6.71. The first-order valence-electron chi connectivity index (χ1n) is 10.3. The smallest absolute Gasteiger partial charge is 0.191 e. The van der Waals surface area contributed by atoms with Crippen LogP contribution in [0.3, 0.4) is 0 Å². The minimum atomic E-state index is 0. The topological polar surface area (TPSA) is 85.6 Å². The average Bonchev–Trinajstić information content (AvgIpc) is 3.33. The van der Waals surface area contributed by atoms with Crippen LogP contribution in [0, 0.1) is 6.92 Å². The predicted octanol–water partition coefficient (Wildman–Crippen LogP) is 3.47. The third-order valence-electron chi connectivity index (χ3n) is 4.68. The molecular weight excluding hydrogens is 519 g/mol. The maximum Gasteiger partial charge on any atom is 0.191 e. The van der Waals surface area contributed by atoms with Gasteiger partial charge in [-0.15, -0.1) is 24.0 Å². The van der Waals surface area contributed by atoms with Crippen LogP contribution >= 0.6 is 24.0 Å². The molecule has 172 valence electrons. The number of guanidine groups is 1. The van der Waals surface area contributed by atoms with E-state index in [0.29, 0.717) is 32.3 Å². The van der Waals surface area contributed by atoms with Crippen molar-refractivity contribution in [3.63, 3.8) is 0 Å². The van der Waals surface area contributed by atoms with Crippen molar-refractivity contribution in [2.45, 2.75) is 26.4 Å². The molecule has 0 radical (unpaired) electrons. The van der Waals surface area contributed by atoms with Gasteiger partial charge in [-0.25, -0.2) is 9.97 Å². The van der Waals surface area contributed by atoms with Crippen LogP contribution in [0.25, 0.3) is 5.82 Å². The Morgan fingerprint density at radius 1 is 1.09 bits per heavy atom. The van der Waals surface area contributed by atoms with Crippen molar-refractivity contribution in [1.29, 1.82) is 0 Å². The Balaban J connectivity index is 0.00000363. The molecule has 2 aromatic heterocycles. The minimum absolute atomic E-state index is 0. The lowest BCUT2D eigenvalue weighted by Crippen LogP contribution is -2.36. The van der Waals surface area contributed by atoms with Crippen molar-refractivity contribution in [3.8, 4) is 11.6 Å². The van der Waals surface area contributed by atoms with Gasteiger partial charge in [0, 0.05) is 64.4 Å². The van der Waals surface area contributed by atoms with Crippen LogP contribution in [0.5, 0.6) is 5.75 Å². The fraction of sp³-hybridized carbons (Fsp3) is 0.348. The van der Waals surface area contributed by atoms with Gasteiger partial charge in [-0.1, -0.05) is 12.1 Å². The number of rotatable bonds is 10. The van der Waals surface area contributed by atoms with Crippen molar-refractivity contribution in [3.05, 3.63) is 71.9 Å². The fourth-order valence-electron chi connectivity index (χ4n) is 3.02. The van der Waals surface area contributed by atoms with E-state index in [4.69, 9.17) is 9.47 Å². The van der Waals surface area contributed by atoms with E-state index in [9.17, 15) is 0 Å². The molecule has 0 atom stereocenters. The summed E-state index contributed by atoms with van der Waals surface area (Å²) in [4.78, 5) is 12.8. The minimum Gasteiger partial charge on any atom is -0.493 e. The molecule has 0 saturated heterocycles. The van der Waals surface area contributed by atoms with E-state index in [0.717, 1.165) is 29.1 Å². The number of imidazole rings is 1. The largest absolute Gasteiger partial charge is 0.493 e. The number of aliphatic imine (C=N–C) groups is 1. The number of nitrogens with one attached hydrogen (secondary N) is 2. The van der Waals surface area contributed by atoms with Crippen LogP contribution in [-0.4, -0.2) is 47.9 Å². The average molecular weight is 550 g/mol. The molecular formula is C23H31IN6O2. The lowest BCUT2D eigenvalue weighted by Gasteiger charge is -2.16. The Hall–Kier alpha value is -2.66. The highest BCUT2D eigenvalue weighted by Crippen LogP contribution is 2.20. The molecule has 8 nitrogen and oxygen atoms in total. The number of methoxy groups -OCH3 is 1. The van der Waals surface area contributed by atoms with E-state index >= 15 is 0 Å². The number of nitrogens with zero attached hydrogens (tertiary/aromatic N) is 4. The van der Waals surface area contributed by atoms with Gasteiger partial charge >= 0.3 is 0 Å². The zero-order valence-electron chi connectivity index (χ0n) is 18.7. The van der Waals surface area contributed by atoms with Crippen LogP contribution in [0.1, 0.15) is 23.1 Å². The van der Waals surface area contributed by atoms with Gasteiger partial charge in [-0.3, -0.25) is 9.56 Å². The zero-order valence-corrected chi connectivity index (χ0v) is 21.1. The molecule has 9 heteroatoms. The van der Waals surface area contributed by atoms with Crippen molar-refractivity contribution in [1.82, 2.24) is 25.2 Å². The summed E-state index contributed by atoms with van der Waals surface area (Å²) in [7, 11) is 3.46. The van der Waals surface area contributed by atoms with Crippen molar-refractivity contribution >= 4 is 29.9 Å². The van der Waals surface area contributed by atoms with Crippen LogP contribution in [-0.2, 0) is 17.8 Å². The number of ether oxygens (including phenoxy) is 2. The van der Waals surface area contributed by atoms with Crippen molar-refractivity contribution in [2.75, 3.05) is 27.4 Å². The maximum absolute atomic E-state index is 5.97. The highest BCUT2D eigenvalue weighted by atomic mass is 127. The normalized spacial score (nSPS) is 11.0. The molecule has 3 aromatic rings. The highest BCUT2D eigenvalue weighted by Gasteiger charge is 2.07. The number of hydrogen-bond acceptors (Lipinski definition) is 5. The van der Waals surface area contributed by atoms with Crippen LogP contribution < -0.4 is 15.4 Å². The number of hydrogen-bond donors (Lipinski definition) is 2. The third-order valence-corrected chi connectivity index (χ3v) is 4.68. The Morgan fingerprint density at radius 3 is 2.69 bits per heavy atom. The Bertz CT molecular complexity index is 978. The third kappa shape index (κ3) is 7.79. The molecule has 0 spiro atoms. The van der Waals surface area contributed by atoms with Gasteiger partial charge in [0.15, 0.2) is 5.96 Å². The van der Waals surface area contributed by atoms with Gasteiger partial charge in [0.25, 0.3) is 0 Å². The van der Waals surface area contributed by atoms with Gasteiger partial charge < -0.3 is 20.1 Å². The lowest BCUT2D eigenvalue weighted by molar-refractivity contribution is 0.171. The number of halogens is 1. The van der Waals surface area contributed by atoms with Crippen molar-refractivity contribution < 1.29 is 9.47 Å². The molecule has 0 bridgehead atoms. The summed E-state index contributed by atoms with van der Waals surface area (Å²) >= 11 is 0. The monoisotopic (exact) mass is 550 g/mol. The number of benzene rings is 1. The summed E-state index contributed by atoms with van der Waals surface area (Å²) in [6.07, 6.45) is 7.99. The second-order valence-corrected chi connectivity index (χ2v) is 7.08. The number of aryl methyl sites for hydroxylation is 1. The molecule has 2 heterocycles. The summed E-state index contributed by atoms with van der Waals surface area (Å²) in [5.74, 6) is 2.43. The second-order valence-electron chi connectivity index (χ2n) is 7.08. The van der Waals surface area contributed by atoms with Gasteiger partial charge in [0.2, 0.25) is 0 Å². The van der Waals surface area contributed by atoms with Crippen LogP contribution in [0.4, 0.5) is 0 Å². The predicted molar refractivity (Wildman–Crippen MR) is 137 cm³/mol. The fourth-order valence-corrected chi connectivity index (χ4v) is 3.02. The van der Waals surface area contributed by atoms with E-state index in [1.165, 1.54) is 5.56 Å². The Labute approximate surface area is 206 Å². The molecule has 0 amide bonds. The molecule has 0 unspecified atom stereocenters. The van der Waals surface area contributed by atoms with Crippen molar-refractivity contribution in [2.24, 2.45) is 4.99 Å². The lowest BCUT2D eigenvalue weighted by atomic mass is 10.1. The highest BCUT2D eigenvalue weighted by molar-refractivity contribution is 14.0. The molecule has 2 N–H and O–H groups in total. The maximum atomic E-state index is 5.97. The van der Waals surface area contributed by atoms with Crippen LogP contribution in [0.2, 0.25) is 0 Å². The molecule has 0 aliphatic heterocycles. The second kappa shape index (κ2) is 13.7. The summed E-state index contributed by atoms with van der Waals surface area (Å²) in [5.41, 5.74) is 3.34. The molecule has 1 aromatic carbocycles. The number of pyridine rings is 1. The molecule has 0 saturated carbocycles. The molecule has 32 heavy (non-hydrogen) atoms. The van der Waals surface area contributed by atoms with E-state index < -0.39 is 0 Å². The first kappa shape index (κ1) is 25.6. The molecule has 0 aliphatic rings. The first-order valence-corrected chi connectivity index (χ1v) is 10.3. The molecule has 0 aliphatic carbocycles. The molecule has 0 fully saturated rings. The summed E-state index contributed by atoms with van der Waals surface area (Å²) in [6, 6.07) is 10.2. The van der Waals surface area contributed by atoms with E-state index in [1.54, 1.807) is 32.9 Å². The van der Waals surface area contributed by atoms with E-state index in [1.807, 2.05) is 22.9 Å². The zero-order chi connectivity index (χ0) is 21.9. The molecule has 3 rings (SSSR count). The van der Waals surface area contributed by atoms with Gasteiger partial charge in [0.05, 0.1) is 6.61 Å². The summed E-state index contributed by atoms with van der Waals surface area (Å²) < 4.78 is 12.9. The first-order chi connectivity index (χ1) is 15.2. The van der Waals surface area contributed by atoms with Gasteiger partial charge in [0.1, 0.15) is 17.9 Å². The van der Waals surface area contributed by atoms with Gasteiger partial charge in [-0.05, 0) is 36.2 Å². The van der Waals surface area contributed by atoms with Crippen LogP contribution in [0.15, 0.2) is 60.2 Å². The van der Waals surface area contributed by atoms with Gasteiger partial charge in [-0.2, -0.15) is 0 Å². The standard InChI is InChI=1S/C23H30N6O2.HI/c1-18-5-6-20(21(13-18)31-12-4-11-30-3)16-28-23(24-2)27-15-19-7-8-26-22(14-19)29-10-9-25-17-29;/h5-10,13-14,17H,4,11-12,15-16H2,1-3H3,(H2,24,27,28);1H. The van der Waals surface area contributed by atoms with E-state index in [2.05, 4.69) is 50.7 Å².